The van der Waals surface area contributed by atoms with Crippen LogP contribution in [-0.4, -0.2) is 15.9 Å². The van der Waals surface area contributed by atoms with Crippen LogP contribution in [0.25, 0.3) is 0 Å². The van der Waals surface area contributed by atoms with Gasteiger partial charge in [-0.2, -0.15) is 0 Å². The second-order valence-electron chi connectivity index (χ2n) is 5.83. The first-order chi connectivity index (χ1) is 12.4. The average molecular weight is 387 g/mol. The maximum absolute atomic E-state index is 12.3. The lowest BCUT2D eigenvalue weighted by molar-refractivity contribution is 0.102. The maximum Gasteiger partial charge on any atom is 0.258 e. The van der Waals surface area contributed by atoms with Gasteiger partial charge in [-0.05, 0) is 55.3 Å². The van der Waals surface area contributed by atoms with Crippen LogP contribution in [0.2, 0.25) is 10.0 Å². The van der Waals surface area contributed by atoms with Gasteiger partial charge in [-0.1, -0.05) is 29.3 Å². The lowest BCUT2D eigenvalue weighted by Gasteiger charge is -2.08. The Morgan fingerprint density at radius 2 is 1.54 bits per heavy atom. The first kappa shape index (κ1) is 18.2. The summed E-state index contributed by atoms with van der Waals surface area (Å²) >= 11 is 11.9. The molecule has 1 amide bonds. The number of hydrogen-bond acceptors (Lipinski definition) is 4. The molecule has 0 aliphatic rings. The van der Waals surface area contributed by atoms with Crippen LogP contribution in [0, 0.1) is 13.8 Å². The van der Waals surface area contributed by atoms with Crippen LogP contribution in [0.5, 0.6) is 0 Å². The number of hydrogen-bond donors (Lipinski definition) is 2. The Morgan fingerprint density at radius 3 is 2.15 bits per heavy atom. The van der Waals surface area contributed by atoms with Gasteiger partial charge in [0.2, 0.25) is 5.95 Å². The fourth-order valence-corrected chi connectivity index (χ4v) is 2.81. The Labute approximate surface area is 161 Å². The van der Waals surface area contributed by atoms with Crippen LogP contribution in [0.4, 0.5) is 17.3 Å². The predicted octanol–water partition coefficient (Wildman–Crippen LogP) is 5.40. The van der Waals surface area contributed by atoms with E-state index >= 15 is 0 Å². The van der Waals surface area contributed by atoms with E-state index in [-0.39, 0.29) is 5.91 Å². The number of anilines is 3. The molecule has 1 aromatic heterocycles. The van der Waals surface area contributed by atoms with E-state index in [1.807, 2.05) is 32.0 Å². The Bertz CT molecular complexity index is 938. The van der Waals surface area contributed by atoms with E-state index in [2.05, 4.69) is 20.6 Å². The van der Waals surface area contributed by atoms with E-state index in [0.717, 1.165) is 11.3 Å². The van der Waals surface area contributed by atoms with Gasteiger partial charge in [0.25, 0.3) is 5.91 Å². The van der Waals surface area contributed by atoms with Crippen molar-refractivity contribution < 1.29 is 4.79 Å². The Balaban J connectivity index is 1.70. The van der Waals surface area contributed by atoms with Crippen molar-refractivity contribution in [3.05, 3.63) is 75.5 Å². The fraction of sp³-hybridized carbons (Fsp3) is 0.105. The average Bonchev–Trinajstić information content (AvgIpc) is 2.58. The first-order valence-corrected chi connectivity index (χ1v) is 8.60. The van der Waals surface area contributed by atoms with Crippen LogP contribution >= 0.6 is 23.2 Å². The number of nitrogens with one attached hydrogen (secondary N) is 2. The van der Waals surface area contributed by atoms with Crippen molar-refractivity contribution >= 4 is 46.4 Å². The molecule has 0 atom stereocenters. The highest BCUT2D eigenvalue weighted by Gasteiger charge is 2.09. The summed E-state index contributed by atoms with van der Waals surface area (Å²) < 4.78 is 0. The molecule has 0 aliphatic carbocycles. The van der Waals surface area contributed by atoms with Crippen molar-refractivity contribution in [3.8, 4) is 0 Å². The van der Waals surface area contributed by atoms with Gasteiger partial charge in [0.15, 0.2) is 0 Å². The fourth-order valence-electron chi connectivity index (χ4n) is 2.29. The van der Waals surface area contributed by atoms with Gasteiger partial charge in [0.05, 0.1) is 5.56 Å². The van der Waals surface area contributed by atoms with Gasteiger partial charge in [0, 0.05) is 33.8 Å². The van der Waals surface area contributed by atoms with Crippen molar-refractivity contribution in [2.24, 2.45) is 0 Å². The highest BCUT2D eigenvalue weighted by molar-refractivity contribution is 6.35. The molecule has 0 bridgehead atoms. The minimum absolute atomic E-state index is 0.273. The third kappa shape index (κ3) is 4.50. The van der Waals surface area contributed by atoms with Crippen molar-refractivity contribution in [3.63, 3.8) is 0 Å². The molecule has 7 heteroatoms. The molecule has 0 saturated heterocycles. The third-order valence-corrected chi connectivity index (χ3v) is 4.23. The van der Waals surface area contributed by atoms with Crippen LogP contribution < -0.4 is 10.6 Å². The summed E-state index contributed by atoms with van der Waals surface area (Å²) in [5.41, 5.74) is 4.03. The van der Waals surface area contributed by atoms with Gasteiger partial charge in [-0.15, -0.1) is 0 Å². The van der Waals surface area contributed by atoms with Gasteiger partial charge < -0.3 is 10.6 Å². The van der Waals surface area contributed by atoms with Crippen molar-refractivity contribution in [1.29, 1.82) is 0 Å². The summed E-state index contributed by atoms with van der Waals surface area (Å²) in [5.74, 6) is 0.0664. The zero-order valence-electron chi connectivity index (χ0n) is 14.2. The maximum atomic E-state index is 12.3. The minimum Gasteiger partial charge on any atom is -0.324 e. The van der Waals surface area contributed by atoms with E-state index in [0.29, 0.717) is 27.2 Å². The number of carbonyl (C=O) groups is 1. The molecule has 5 nitrogen and oxygen atoms in total. The van der Waals surface area contributed by atoms with E-state index in [4.69, 9.17) is 23.2 Å². The zero-order chi connectivity index (χ0) is 18.7. The minimum atomic E-state index is -0.273. The van der Waals surface area contributed by atoms with Gasteiger partial charge >= 0.3 is 0 Å². The lowest BCUT2D eigenvalue weighted by Crippen LogP contribution is -2.13. The Morgan fingerprint density at radius 1 is 0.885 bits per heavy atom. The summed E-state index contributed by atoms with van der Waals surface area (Å²) in [6, 6.07) is 10.8. The number of nitrogens with zero attached hydrogens (tertiary/aromatic N) is 2. The van der Waals surface area contributed by atoms with Gasteiger partial charge in [-0.3, -0.25) is 4.79 Å². The monoisotopic (exact) mass is 386 g/mol. The molecule has 0 spiro atoms. The molecule has 0 saturated carbocycles. The number of benzene rings is 2. The van der Waals surface area contributed by atoms with Crippen molar-refractivity contribution in [1.82, 2.24) is 9.97 Å². The van der Waals surface area contributed by atoms with Crippen LogP contribution in [0.15, 0.2) is 48.8 Å². The van der Waals surface area contributed by atoms with Crippen LogP contribution in [-0.2, 0) is 0 Å². The van der Waals surface area contributed by atoms with E-state index in [1.165, 1.54) is 18.0 Å². The smallest absolute Gasteiger partial charge is 0.258 e. The second-order valence-corrected chi connectivity index (χ2v) is 6.70. The topological polar surface area (TPSA) is 66.9 Å². The Kier molecular flexibility index (Phi) is 5.40. The second kappa shape index (κ2) is 7.72. The molecule has 1 heterocycles. The molecule has 0 radical (unpaired) electrons. The van der Waals surface area contributed by atoms with Crippen LogP contribution in [0.3, 0.4) is 0 Å². The molecule has 2 aromatic carbocycles. The molecule has 2 N–H and O–H groups in total. The van der Waals surface area contributed by atoms with Gasteiger partial charge in [0.1, 0.15) is 0 Å². The van der Waals surface area contributed by atoms with Gasteiger partial charge in [-0.25, -0.2) is 9.97 Å². The molecule has 0 fully saturated rings. The number of rotatable bonds is 4. The number of amides is 1. The largest absolute Gasteiger partial charge is 0.324 e. The SMILES string of the molecule is Cc1ccc(NC(=O)c2cnc(Nc3cc(Cl)cc(Cl)c3)nc2)cc1C. The summed E-state index contributed by atoms with van der Waals surface area (Å²) in [6.07, 6.45) is 2.91. The summed E-state index contributed by atoms with van der Waals surface area (Å²) in [5, 5.41) is 6.84. The molecular formula is C19H16Cl2N4O. The highest BCUT2D eigenvalue weighted by atomic mass is 35.5. The molecule has 0 aliphatic heterocycles. The quantitative estimate of drug-likeness (QED) is 0.629. The third-order valence-electron chi connectivity index (χ3n) is 3.80. The van der Waals surface area contributed by atoms with E-state index in [1.54, 1.807) is 18.2 Å². The number of aromatic nitrogens is 2. The summed E-state index contributed by atoms with van der Waals surface area (Å²) in [7, 11) is 0. The normalized spacial score (nSPS) is 10.5. The molecular weight excluding hydrogens is 371 g/mol. The van der Waals surface area contributed by atoms with Crippen molar-refractivity contribution in [2.75, 3.05) is 10.6 Å². The molecule has 3 rings (SSSR count). The lowest BCUT2D eigenvalue weighted by atomic mass is 10.1. The van der Waals surface area contributed by atoms with E-state index < -0.39 is 0 Å². The molecule has 3 aromatic rings. The predicted molar refractivity (Wildman–Crippen MR) is 106 cm³/mol. The number of halogens is 2. The summed E-state index contributed by atoms with van der Waals surface area (Å²) in [4.78, 5) is 20.6. The van der Waals surface area contributed by atoms with Crippen molar-refractivity contribution in [2.45, 2.75) is 13.8 Å². The Hall–Kier alpha value is -2.63. The first-order valence-electron chi connectivity index (χ1n) is 7.84. The van der Waals surface area contributed by atoms with Crippen LogP contribution in [0.1, 0.15) is 21.5 Å². The standard InChI is InChI=1S/C19H16Cl2N4O/c1-11-3-4-16(5-12(11)2)24-18(26)13-9-22-19(23-10-13)25-17-7-14(20)6-15(21)8-17/h3-10H,1-2H3,(H,24,26)(H,22,23,25). The molecule has 26 heavy (non-hydrogen) atoms. The molecule has 0 unspecified atom stereocenters. The zero-order valence-corrected chi connectivity index (χ0v) is 15.7. The summed E-state index contributed by atoms with van der Waals surface area (Å²) in [6.45, 7) is 4.02. The number of aryl methyl sites for hydroxylation is 2. The van der Waals surface area contributed by atoms with E-state index in [9.17, 15) is 4.79 Å². The molecule has 132 valence electrons. The number of carbonyl (C=O) groups excluding carboxylic acids is 1. The highest BCUT2D eigenvalue weighted by Crippen LogP contribution is 2.24.